The van der Waals surface area contributed by atoms with Crippen LogP contribution >= 0.6 is 0 Å². The van der Waals surface area contributed by atoms with Crippen molar-refractivity contribution in [2.75, 3.05) is 44.2 Å². The first-order chi connectivity index (χ1) is 17.1. The number of rotatable bonds is 5. The van der Waals surface area contributed by atoms with Crippen LogP contribution in [0.3, 0.4) is 0 Å². The Bertz CT molecular complexity index is 1070. The van der Waals surface area contributed by atoms with Crippen LogP contribution in [0.15, 0.2) is 67.1 Å². The molecule has 0 saturated carbocycles. The molecule has 0 spiro atoms. The number of anilines is 1. The second kappa shape index (κ2) is 10.5. The average Bonchev–Trinajstić information content (AvgIpc) is 2.91. The lowest BCUT2D eigenvalue weighted by Crippen LogP contribution is -2.53. The number of benzene rings is 2. The second-order valence-corrected chi connectivity index (χ2v) is 9.22. The normalized spacial score (nSPS) is 19.2. The highest BCUT2D eigenvalue weighted by molar-refractivity contribution is 5.80. The minimum absolute atomic E-state index is 0.0534. The fourth-order valence-corrected chi connectivity index (χ4v) is 5.20. The summed E-state index contributed by atoms with van der Waals surface area (Å²) >= 11 is 0. The molecule has 0 radical (unpaired) electrons. The van der Waals surface area contributed by atoms with Gasteiger partial charge in [0.15, 0.2) is 0 Å². The molecule has 1 aromatic heterocycles. The van der Waals surface area contributed by atoms with Crippen LogP contribution in [0.1, 0.15) is 30.0 Å². The van der Waals surface area contributed by atoms with Crippen molar-refractivity contribution in [2.45, 2.75) is 18.9 Å². The Labute approximate surface area is 204 Å². The van der Waals surface area contributed by atoms with Crippen LogP contribution < -0.4 is 4.90 Å². The second-order valence-electron chi connectivity index (χ2n) is 9.22. The van der Waals surface area contributed by atoms with Crippen molar-refractivity contribution in [3.05, 3.63) is 89.9 Å². The van der Waals surface area contributed by atoms with E-state index >= 15 is 0 Å². The number of carbonyl (C=O) groups is 1. The fraction of sp³-hybridized carbons (Fsp3) is 0.370. The van der Waals surface area contributed by atoms with Crippen molar-refractivity contribution >= 4 is 11.7 Å². The molecule has 2 aromatic carbocycles. The van der Waals surface area contributed by atoms with E-state index in [1.54, 1.807) is 42.9 Å². The van der Waals surface area contributed by atoms with Gasteiger partial charge in [-0.25, -0.2) is 13.8 Å². The third-order valence-electron chi connectivity index (χ3n) is 7.01. The summed E-state index contributed by atoms with van der Waals surface area (Å²) in [5, 5.41) is 0. The number of piperidine rings is 1. The molecule has 0 unspecified atom stereocenters. The van der Waals surface area contributed by atoms with E-state index in [0.29, 0.717) is 32.7 Å². The Balaban J connectivity index is 1.26. The zero-order chi connectivity index (χ0) is 24.2. The molecule has 0 bridgehead atoms. The molecule has 3 heterocycles. The van der Waals surface area contributed by atoms with E-state index in [2.05, 4.69) is 19.8 Å². The monoisotopic (exact) mass is 477 g/mol. The van der Waals surface area contributed by atoms with Crippen LogP contribution in [-0.4, -0.2) is 64.9 Å². The van der Waals surface area contributed by atoms with E-state index < -0.39 is 0 Å². The molecule has 2 aliphatic heterocycles. The predicted molar refractivity (Wildman–Crippen MR) is 130 cm³/mol. The summed E-state index contributed by atoms with van der Waals surface area (Å²) in [4.78, 5) is 28.3. The van der Waals surface area contributed by atoms with Gasteiger partial charge in [0.2, 0.25) is 5.91 Å². The standard InChI is InChI=1S/C27H29F2N5O/c28-23-7-3-20(4-8-23)26(21-5-9-24(29)10-6-21)32-14-16-33(17-15-32)27(35)22-2-1-13-34(19-22)25-18-30-11-12-31-25/h3-12,18,22,26H,1-2,13-17,19H2/t22-/m1/s1. The zero-order valence-electron chi connectivity index (χ0n) is 19.6. The van der Waals surface area contributed by atoms with E-state index in [1.807, 2.05) is 4.90 Å². The van der Waals surface area contributed by atoms with Gasteiger partial charge in [0.25, 0.3) is 0 Å². The largest absolute Gasteiger partial charge is 0.355 e. The molecular weight excluding hydrogens is 448 g/mol. The van der Waals surface area contributed by atoms with Crippen molar-refractivity contribution in [3.63, 3.8) is 0 Å². The van der Waals surface area contributed by atoms with Gasteiger partial charge in [0, 0.05) is 51.7 Å². The minimum atomic E-state index is -0.287. The molecular formula is C27H29F2N5O. The van der Waals surface area contributed by atoms with E-state index in [-0.39, 0.29) is 29.5 Å². The summed E-state index contributed by atoms with van der Waals surface area (Å²) in [6.45, 7) is 4.16. The quantitative estimate of drug-likeness (QED) is 0.558. The van der Waals surface area contributed by atoms with Gasteiger partial charge < -0.3 is 9.80 Å². The maximum atomic E-state index is 13.6. The molecule has 6 nitrogen and oxygen atoms in total. The van der Waals surface area contributed by atoms with Gasteiger partial charge in [-0.3, -0.25) is 14.7 Å². The van der Waals surface area contributed by atoms with E-state index in [1.165, 1.54) is 24.3 Å². The third-order valence-corrected chi connectivity index (χ3v) is 7.01. The van der Waals surface area contributed by atoms with Gasteiger partial charge in [0.1, 0.15) is 17.5 Å². The molecule has 182 valence electrons. The molecule has 2 fully saturated rings. The molecule has 5 rings (SSSR count). The number of amides is 1. The molecule has 0 N–H and O–H groups in total. The van der Waals surface area contributed by atoms with Crippen LogP contribution in [-0.2, 0) is 4.79 Å². The summed E-state index contributed by atoms with van der Waals surface area (Å²) in [6, 6.07) is 12.8. The lowest BCUT2D eigenvalue weighted by molar-refractivity contribution is -0.137. The lowest BCUT2D eigenvalue weighted by atomic mass is 9.95. The van der Waals surface area contributed by atoms with E-state index in [4.69, 9.17) is 0 Å². The minimum Gasteiger partial charge on any atom is -0.355 e. The fourth-order valence-electron chi connectivity index (χ4n) is 5.20. The number of nitrogens with zero attached hydrogens (tertiary/aromatic N) is 5. The number of carbonyl (C=O) groups excluding carboxylic acids is 1. The summed E-state index contributed by atoms with van der Waals surface area (Å²) in [7, 11) is 0. The Kier molecular flexibility index (Phi) is 6.99. The number of aromatic nitrogens is 2. The van der Waals surface area contributed by atoms with Gasteiger partial charge in [-0.15, -0.1) is 0 Å². The number of piperazine rings is 1. The molecule has 2 aliphatic rings. The van der Waals surface area contributed by atoms with Gasteiger partial charge in [-0.2, -0.15) is 0 Å². The first-order valence-electron chi connectivity index (χ1n) is 12.1. The number of hydrogen-bond acceptors (Lipinski definition) is 5. The van der Waals surface area contributed by atoms with Crippen LogP contribution in [0.4, 0.5) is 14.6 Å². The van der Waals surface area contributed by atoms with E-state index in [9.17, 15) is 13.6 Å². The highest BCUT2D eigenvalue weighted by atomic mass is 19.1. The average molecular weight is 478 g/mol. The Hall–Kier alpha value is -3.39. The van der Waals surface area contributed by atoms with Crippen LogP contribution in [0, 0.1) is 17.6 Å². The highest BCUT2D eigenvalue weighted by Gasteiger charge is 2.33. The maximum absolute atomic E-state index is 13.6. The molecule has 1 amide bonds. The maximum Gasteiger partial charge on any atom is 0.227 e. The molecule has 2 saturated heterocycles. The van der Waals surface area contributed by atoms with Crippen molar-refractivity contribution < 1.29 is 13.6 Å². The molecule has 0 aliphatic carbocycles. The van der Waals surface area contributed by atoms with Gasteiger partial charge in [-0.1, -0.05) is 24.3 Å². The zero-order valence-corrected chi connectivity index (χ0v) is 19.6. The van der Waals surface area contributed by atoms with E-state index in [0.717, 1.165) is 36.3 Å². The Morgan fingerprint density at radius 1 is 0.857 bits per heavy atom. The first-order valence-corrected chi connectivity index (χ1v) is 12.1. The summed E-state index contributed by atoms with van der Waals surface area (Å²) in [6.07, 6.45) is 6.91. The Morgan fingerprint density at radius 2 is 1.49 bits per heavy atom. The molecule has 3 aromatic rings. The van der Waals surface area contributed by atoms with Gasteiger partial charge in [0.05, 0.1) is 18.2 Å². The molecule has 1 atom stereocenters. The summed E-state index contributed by atoms with van der Waals surface area (Å²) < 4.78 is 27.2. The van der Waals surface area contributed by atoms with Gasteiger partial charge in [-0.05, 0) is 48.2 Å². The summed E-state index contributed by atoms with van der Waals surface area (Å²) in [5.74, 6) is 0.381. The molecule has 35 heavy (non-hydrogen) atoms. The van der Waals surface area contributed by atoms with Crippen LogP contribution in [0.25, 0.3) is 0 Å². The summed E-state index contributed by atoms with van der Waals surface area (Å²) in [5.41, 5.74) is 1.90. The topological polar surface area (TPSA) is 52.6 Å². The Morgan fingerprint density at radius 3 is 2.06 bits per heavy atom. The molecule has 8 heteroatoms. The third kappa shape index (κ3) is 5.32. The number of hydrogen-bond donors (Lipinski definition) is 0. The van der Waals surface area contributed by atoms with Crippen molar-refractivity contribution in [2.24, 2.45) is 5.92 Å². The van der Waals surface area contributed by atoms with Crippen molar-refractivity contribution in [1.82, 2.24) is 19.8 Å². The smallest absolute Gasteiger partial charge is 0.227 e. The lowest BCUT2D eigenvalue weighted by Gasteiger charge is -2.42. The first kappa shape index (κ1) is 23.4. The van der Waals surface area contributed by atoms with Crippen molar-refractivity contribution in [3.8, 4) is 0 Å². The van der Waals surface area contributed by atoms with Crippen LogP contribution in [0.5, 0.6) is 0 Å². The highest BCUT2D eigenvalue weighted by Crippen LogP contribution is 2.31. The van der Waals surface area contributed by atoms with Crippen LogP contribution in [0.2, 0.25) is 0 Å². The number of halogens is 2. The van der Waals surface area contributed by atoms with Crippen molar-refractivity contribution in [1.29, 1.82) is 0 Å². The van der Waals surface area contributed by atoms with Gasteiger partial charge >= 0.3 is 0 Å². The predicted octanol–water partition coefficient (Wildman–Crippen LogP) is 3.91. The SMILES string of the molecule is O=C([C@@H]1CCCN(c2cnccn2)C1)N1CCN(C(c2ccc(F)cc2)c2ccc(F)cc2)CC1.